The first kappa shape index (κ1) is 18.9. The Hall–Kier alpha value is -1.91. The van der Waals surface area contributed by atoms with E-state index in [4.69, 9.17) is 23.2 Å². The van der Waals surface area contributed by atoms with Crippen LogP contribution >= 0.6 is 23.2 Å². The number of amides is 1. The van der Waals surface area contributed by atoms with Crippen molar-refractivity contribution in [2.45, 2.75) is 12.8 Å². The number of hydrogen-bond donors (Lipinski definition) is 1. The van der Waals surface area contributed by atoms with Gasteiger partial charge < -0.3 is 15.1 Å². The van der Waals surface area contributed by atoms with Crippen LogP contribution in [0.4, 0.5) is 11.4 Å². The number of halogens is 2. The largest absolute Gasteiger partial charge is 0.388 e. The van der Waals surface area contributed by atoms with Gasteiger partial charge in [0.25, 0.3) is 0 Å². The molecular weight excluding hydrogens is 369 g/mol. The lowest BCUT2D eigenvalue weighted by Gasteiger charge is -2.35. The zero-order valence-electron chi connectivity index (χ0n) is 14.8. The average Bonchev–Trinajstić information content (AvgIpc) is 2.66. The number of benzene rings is 2. The highest BCUT2D eigenvalue weighted by Gasteiger charge is 2.24. The van der Waals surface area contributed by atoms with Crippen molar-refractivity contribution in [2.75, 3.05) is 43.4 Å². The molecule has 0 saturated carbocycles. The number of nitrogens with one attached hydrogen (secondary N) is 1. The average molecular weight is 392 g/mol. The van der Waals surface area contributed by atoms with Gasteiger partial charge in [0.15, 0.2) is 0 Å². The topological polar surface area (TPSA) is 35.6 Å². The minimum Gasteiger partial charge on any atom is -0.388 e. The van der Waals surface area contributed by atoms with E-state index in [2.05, 4.69) is 34.5 Å². The van der Waals surface area contributed by atoms with Crippen LogP contribution in [0.25, 0.3) is 0 Å². The zero-order chi connectivity index (χ0) is 18.5. The second-order valence-corrected chi connectivity index (χ2v) is 7.27. The number of hydrogen-bond acceptors (Lipinski definition) is 3. The third-order valence-corrected chi connectivity index (χ3v) is 5.46. The van der Waals surface area contributed by atoms with Gasteiger partial charge in [-0.15, -0.1) is 0 Å². The van der Waals surface area contributed by atoms with E-state index in [0.29, 0.717) is 16.6 Å². The molecule has 1 heterocycles. The number of rotatable bonds is 6. The lowest BCUT2D eigenvalue weighted by molar-refractivity contribution is -0.131. The quantitative estimate of drug-likeness (QED) is 0.796. The van der Waals surface area contributed by atoms with E-state index in [1.54, 1.807) is 6.07 Å². The van der Waals surface area contributed by atoms with Crippen LogP contribution in [0.1, 0.15) is 12.0 Å². The van der Waals surface area contributed by atoms with Crippen molar-refractivity contribution < 1.29 is 4.79 Å². The summed E-state index contributed by atoms with van der Waals surface area (Å²) in [5.41, 5.74) is 3.35. The Bertz CT molecular complexity index is 764. The Morgan fingerprint density at radius 2 is 1.81 bits per heavy atom. The molecule has 2 aromatic carbocycles. The van der Waals surface area contributed by atoms with E-state index in [1.807, 2.05) is 24.1 Å². The highest BCUT2D eigenvalue weighted by molar-refractivity contribution is 6.42. The number of nitrogens with zero attached hydrogens (tertiary/aromatic N) is 2. The van der Waals surface area contributed by atoms with Crippen molar-refractivity contribution in [2.24, 2.45) is 0 Å². The van der Waals surface area contributed by atoms with Gasteiger partial charge in [0.2, 0.25) is 5.91 Å². The number of anilines is 2. The van der Waals surface area contributed by atoms with Gasteiger partial charge in [-0.05, 0) is 48.7 Å². The Morgan fingerprint density at radius 3 is 2.46 bits per heavy atom. The molecule has 1 saturated heterocycles. The molecule has 0 unspecified atom stereocenters. The molecular formula is C20H23Cl2N3O. The van der Waals surface area contributed by atoms with E-state index in [-0.39, 0.29) is 5.91 Å². The summed E-state index contributed by atoms with van der Waals surface area (Å²) in [6.45, 7) is 2.72. The maximum Gasteiger partial charge on any atom is 0.242 e. The van der Waals surface area contributed by atoms with Gasteiger partial charge >= 0.3 is 0 Å². The van der Waals surface area contributed by atoms with Crippen molar-refractivity contribution >= 4 is 40.5 Å². The number of aryl methyl sites for hydroxylation is 1. The van der Waals surface area contributed by atoms with E-state index >= 15 is 0 Å². The van der Waals surface area contributed by atoms with E-state index < -0.39 is 0 Å². The summed E-state index contributed by atoms with van der Waals surface area (Å²) in [6, 6.07) is 13.9. The first-order chi connectivity index (χ1) is 12.6. The summed E-state index contributed by atoms with van der Waals surface area (Å²) >= 11 is 12.1. The molecule has 1 aliphatic heterocycles. The zero-order valence-corrected chi connectivity index (χ0v) is 16.4. The van der Waals surface area contributed by atoms with Crippen molar-refractivity contribution in [3.63, 3.8) is 0 Å². The maximum atomic E-state index is 12.5. The molecule has 2 aromatic rings. The first-order valence-electron chi connectivity index (χ1n) is 8.81. The first-order valence-corrected chi connectivity index (χ1v) is 9.57. The molecule has 0 atom stereocenters. The SMILES string of the molecule is CNc1ccc(CCCN2CCN(c3ccc(Cl)c(Cl)c3)CC2=O)cc1. The fourth-order valence-electron chi connectivity index (χ4n) is 3.16. The van der Waals surface area contributed by atoms with Crippen LogP contribution in [0.2, 0.25) is 10.0 Å². The van der Waals surface area contributed by atoms with Gasteiger partial charge in [0.1, 0.15) is 0 Å². The second kappa shape index (κ2) is 8.65. The molecule has 1 N–H and O–H groups in total. The maximum absolute atomic E-state index is 12.5. The molecule has 4 nitrogen and oxygen atoms in total. The third kappa shape index (κ3) is 4.63. The predicted molar refractivity (Wildman–Crippen MR) is 110 cm³/mol. The summed E-state index contributed by atoms with van der Waals surface area (Å²) < 4.78 is 0. The van der Waals surface area contributed by atoms with Crippen LogP contribution in [-0.4, -0.2) is 44.0 Å². The summed E-state index contributed by atoms with van der Waals surface area (Å²) in [5.74, 6) is 0.160. The highest BCUT2D eigenvalue weighted by atomic mass is 35.5. The molecule has 138 valence electrons. The van der Waals surface area contributed by atoms with Crippen molar-refractivity contribution in [3.05, 3.63) is 58.1 Å². The van der Waals surface area contributed by atoms with Crippen LogP contribution in [0.15, 0.2) is 42.5 Å². The highest BCUT2D eigenvalue weighted by Crippen LogP contribution is 2.28. The van der Waals surface area contributed by atoms with E-state index in [1.165, 1.54) is 5.56 Å². The summed E-state index contributed by atoms with van der Waals surface area (Å²) in [6.07, 6.45) is 1.95. The molecule has 0 radical (unpaired) electrons. The fraction of sp³-hybridized carbons (Fsp3) is 0.350. The normalized spacial score (nSPS) is 14.7. The van der Waals surface area contributed by atoms with Crippen molar-refractivity contribution in [1.82, 2.24) is 4.90 Å². The van der Waals surface area contributed by atoms with E-state index in [9.17, 15) is 4.79 Å². The summed E-state index contributed by atoms with van der Waals surface area (Å²) in [7, 11) is 1.91. The lowest BCUT2D eigenvalue weighted by atomic mass is 10.1. The van der Waals surface area contributed by atoms with Crippen LogP contribution in [0.5, 0.6) is 0 Å². The smallest absolute Gasteiger partial charge is 0.242 e. The summed E-state index contributed by atoms with van der Waals surface area (Å²) in [5, 5.41) is 4.17. The number of piperazine rings is 1. The van der Waals surface area contributed by atoms with Gasteiger partial charge in [0.05, 0.1) is 16.6 Å². The second-order valence-electron chi connectivity index (χ2n) is 6.45. The van der Waals surface area contributed by atoms with Crippen LogP contribution in [0, 0.1) is 0 Å². The Balaban J connectivity index is 1.49. The Morgan fingerprint density at radius 1 is 1.04 bits per heavy atom. The molecule has 0 aromatic heterocycles. The summed E-state index contributed by atoms with van der Waals surface area (Å²) in [4.78, 5) is 16.5. The number of carbonyl (C=O) groups excluding carboxylic acids is 1. The Kier molecular flexibility index (Phi) is 6.28. The van der Waals surface area contributed by atoms with Gasteiger partial charge in [-0.2, -0.15) is 0 Å². The van der Waals surface area contributed by atoms with Crippen LogP contribution in [0.3, 0.4) is 0 Å². The van der Waals surface area contributed by atoms with Crippen molar-refractivity contribution in [3.8, 4) is 0 Å². The minimum absolute atomic E-state index is 0.160. The van der Waals surface area contributed by atoms with Gasteiger partial charge in [-0.1, -0.05) is 35.3 Å². The third-order valence-electron chi connectivity index (χ3n) is 4.72. The molecule has 0 bridgehead atoms. The minimum atomic E-state index is 0.160. The Labute approximate surface area is 164 Å². The molecule has 26 heavy (non-hydrogen) atoms. The van der Waals surface area contributed by atoms with Crippen LogP contribution in [-0.2, 0) is 11.2 Å². The molecule has 1 fully saturated rings. The van der Waals surface area contributed by atoms with E-state index in [0.717, 1.165) is 43.9 Å². The van der Waals surface area contributed by atoms with Gasteiger partial charge in [0, 0.05) is 38.1 Å². The standard InChI is InChI=1S/C20H23Cl2N3O/c1-23-16-6-4-15(5-7-16)3-2-10-24-11-12-25(14-20(24)26)17-8-9-18(21)19(22)13-17/h4-9,13,23H,2-3,10-12,14H2,1H3. The van der Waals surface area contributed by atoms with Gasteiger partial charge in [-0.3, -0.25) is 4.79 Å². The fourth-order valence-corrected chi connectivity index (χ4v) is 3.45. The molecule has 0 spiro atoms. The molecule has 1 aliphatic rings. The van der Waals surface area contributed by atoms with Crippen LogP contribution < -0.4 is 10.2 Å². The predicted octanol–water partition coefficient (Wildman–Crippen LogP) is 4.32. The lowest BCUT2D eigenvalue weighted by Crippen LogP contribution is -2.50. The monoisotopic (exact) mass is 391 g/mol. The molecule has 6 heteroatoms. The molecule has 0 aliphatic carbocycles. The molecule has 1 amide bonds. The van der Waals surface area contributed by atoms with Crippen molar-refractivity contribution in [1.29, 1.82) is 0 Å². The van der Waals surface area contributed by atoms with Gasteiger partial charge in [-0.25, -0.2) is 0 Å². The number of carbonyl (C=O) groups is 1. The molecule has 3 rings (SSSR count).